The van der Waals surface area contributed by atoms with E-state index in [1.54, 1.807) is 0 Å². The Morgan fingerprint density at radius 3 is 1.29 bits per heavy atom. The minimum absolute atomic E-state index is 0.497. The molecule has 0 aromatic heterocycles. The third kappa shape index (κ3) is 2.50. The van der Waals surface area contributed by atoms with Gasteiger partial charge in [0, 0.05) is 21.9 Å². The molecule has 4 heteroatoms. The number of nitriles is 2. The average molecular weight is 595 g/mol. The minimum atomic E-state index is 0.497. The Bertz CT molecular complexity index is 1720. The van der Waals surface area contributed by atoms with Crippen molar-refractivity contribution in [2.75, 3.05) is 14.2 Å². The monoisotopic (exact) mass is 594 g/mol. The number of ether oxygens (including phenoxy) is 2. The van der Waals surface area contributed by atoms with Crippen LogP contribution < -0.4 is 9.47 Å². The van der Waals surface area contributed by atoms with Crippen molar-refractivity contribution in [1.29, 1.82) is 10.5 Å². The van der Waals surface area contributed by atoms with Crippen molar-refractivity contribution >= 4 is 10.8 Å². The van der Waals surface area contributed by atoms with Crippen LogP contribution in [0.25, 0.3) is 10.8 Å². The molecule has 0 radical (unpaired) electrons. The van der Waals surface area contributed by atoms with E-state index < -0.39 is 0 Å². The molecule has 9 saturated carbocycles. The number of allylic oxidation sites excluding steroid dienone is 2. The van der Waals surface area contributed by atoms with Gasteiger partial charge in [-0.05, 0) is 157 Å². The number of benzene rings is 2. The first-order valence-electron chi connectivity index (χ1n) is 18.4. The highest BCUT2D eigenvalue weighted by atomic mass is 16.5. The maximum absolute atomic E-state index is 9.88. The van der Waals surface area contributed by atoms with Gasteiger partial charge in [0.05, 0.1) is 14.2 Å². The van der Waals surface area contributed by atoms with Gasteiger partial charge in [-0.25, -0.2) is 0 Å². The van der Waals surface area contributed by atoms with E-state index in [-0.39, 0.29) is 0 Å². The fraction of sp³-hybridized carbons (Fsp3) is 0.659. The summed E-state index contributed by atoms with van der Waals surface area (Å²) in [5, 5.41) is 22.2. The van der Waals surface area contributed by atoms with Gasteiger partial charge in [-0.15, -0.1) is 0 Å². The molecule has 13 rings (SSSR count). The molecule has 4 nitrogen and oxygen atoms in total. The molecular formula is C41H42N2O2. The first kappa shape index (κ1) is 25.2. The second-order valence-corrected chi connectivity index (χ2v) is 17.4. The summed E-state index contributed by atoms with van der Waals surface area (Å²) in [6.07, 6.45) is 9.63. The van der Waals surface area contributed by atoms with Gasteiger partial charge >= 0.3 is 0 Å². The van der Waals surface area contributed by atoms with E-state index in [2.05, 4.69) is 36.4 Å². The Hall–Kier alpha value is -2.98. The third-order valence-corrected chi connectivity index (χ3v) is 17.4. The normalized spacial score (nSPS) is 52.0. The van der Waals surface area contributed by atoms with Gasteiger partial charge in [-0.2, -0.15) is 10.5 Å². The maximum atomic E-state index is 9.88. The molecule has 0 saturated heterocycles. The molecular weight excluding hydrogens is 552 g/mol. The Labute approximate surface area is 266 Å². The summed E-state index contributed by atoms with van der Waals surface area (Å²) in [7, 11) is 3.80. The van der Waals surface area contributed by atoms with Crippen LogP contribution in [0.5, 0.6) is 11.5 Å². The lowest BCUT2D eigenvalue weighted by atomic mass is 9.46. The fourth-order valence-electron chi connectivity index (χ4n) is 17.6. The van der Waals surface area contributed by atoms with Crippen molar-refractivity contribution in [2.24, 2.45) is 94.7 Å². The SMILES string of the molecule is COc1c2c(c(OC)c3ccccc13)[C@@H]1CC[C@H]2[C@H]2[C@H]3C[C@H]([C@H]4[C@H]5C[C@H]([C@@H]6[C@H]7C[C@@H]([C@H]56)[C@H]5[C@H]7[C@H]6CC[C@@H]5C6=C(C#N)C#N)[C@@H]34)[C@H]21. The van der Waals surface area contributed by atoms with Gasteiger partial charge in [0.1, 0.15) is 29.2 Å². The van der Waals surface area contributed by atoms with E-state index in [1.807, 2.05) is 14.2 Å². The van der Waals surface area contributed by atoms with Crippen molar-refractivity contribution in [3.8, 4) is 23.6 Å². The van der Waals surface area contributed by atoms with Crippen molar-refractivity contribution in [3.05, 3.63) is 46.5 Å². The zero-order valence-electron chi connectivity index (χ0n) is 26.4. The second kappa shape index (κ2) is 8.11. The van der Waals surface area contributed by atoms with Crippen LogP contribution in [0.15, 0.2) is 35.4 Å². The van der Waals surface area contributed by atoms with Crippen LogP contribution >= 0.6 is 0 Å². The number of fused-ring (bicyclic) bond motifs is 25. The summed E-state index contributed by atoms with van der Waals surface area (Å²) >= 11 is 0. The molecule has 11 aliphatic carbocycles. The van der Waals surface area contributed by atoms with E-state index in [1.165, 1.54) is 72.4 Å². The number of methoxy groups -OCH3 is 2. The first-order chi connectivity index (χ1) is 22.2. The number of hydrogen-bond donors (Lipinski definition) is 0. The summed E-state index contributed by atoms with van der Waals surface area (Å²) in [6.45, 7) is 0. The van der Waals surface area contributed by atoms with Crippen LogP contribution in [0.1, 0.15) is 67.9 Å². The van der Waals surface area contributed by atoms with Crippen molar-refractivity contribution < 1.29 is 9.47 Å². The van der Waals surface area contributed by atoms with E-state index >= 15 is 0 Å². The summed E-state index contributed by atoms with van der Waals surface area (Å²) in [5.41, 5.74) is 4.89. The van der Waals surface area contributed by atoms with Crippen LogP contribution in [-0.4, -0.2) is 14.2 Å². The number of hydrogen-bond acceptors (Lipinski definition) is 4. The first-order valence-corrected chi connectivity index (χ1v) is 18.4. The zero-order valence-corrected chi connectivity index (χ0v) is 26.4. The molecule has 228 valence electrons. The molecule has 10 bridgehead atoms. The predicted molar refractivity (Wildman–Crippen MR) is 169 cm³/mol. The fourth-order valence-corrected chi connectivity index (χ4v) is 17.6. The van der Waals surface area contributed by atoms with E-state index in [9.17, 15) is 10.5 Å². The average Bonchev–Trinajstić information content (AvgIpc) is 3.93. The summed E-state index contributed by atoms with van der Waals surface area (Å²) in [4.78, 5) is 0. The molecule has 9 fully saturated rings. The molecule has 0 amide bonds. The molecule has 2 aromatic carbocycles. The third-order valence-electron chi connectivity index (χ3n) is 17.4. The molecule has 0 aliphatic heterocycles. The van der Waals surface area contributed by atoms with E-state index in [0.717, 1.165) is 94.3 Å². The lowest BCUT2D eigenvalue weighted by Gasteiger charge is -2.58. The zero-order chi connectivity index (χ0) is 29.6. The number of rotatable bonds is 2. The molecule has 0 spiro atoms. The summed E-state index contributed by atoms with van der Waals surface area (Å²) < 4.78 is 12.7. The molecule has 18 atom stereocenters. The van der Waals surface area contributed by atoms with Gasteiger partial charge < -0.3 is 9.47 Å². The maximum Gasteiger partial charge on any atom is 0.130 e. The van der Waals surface area contributed by atoms with Gasteiger partial charge in [-0.1, -0.05) is 24.3 Å². The van der Waals surface area contributed by atoms with Gasteiger partial charge in [-0.3, -0.25) is 0 Å². The van der Waals surface area contributed by atoms with E-state index in [0.29, 0.717) is 29.2 Å². The van der Waals surface area contributed by atoms with Crippen LogP contribution in [0.4, 0.5) is 0 Å². The Morgan fingerprint density at radius 2 is 0.911 bits per heavy atom. The topological polar surface area (TPSA) is 66.0 Å². The van der Waals surface area contributed by atoms with Crippen molar-refractivity contribution in [3.63, 3.8) is 0 Å². The second-order valence-electron chi connectivity index (χ2n) is 17.4. The highest BCUT2D eigenvalue weighted by Gasteiger charge is 2.79. The standard InChI is InChI=1S/C41H42N2O2/c1-44-40-17-5-3-4-6-18(17)41(45-2)39-22-10-9-21(38(39)40)32-25-12-26(33(22)32)37-28-13-27(36(25)37)34-23-11-24(35(28)34)31-20-8-7-19(30(23)31)29(20)16(14-42)15-43/h3-6,19-28,30-37H,7-13H2,1-2H3/t19-,20+,21-,22+,23-,24+,25+,26-,27+,28-,30-,31-,32-,33+,34-,35+,36+,37-/m0/s1. The lowest BCUT2D eigenvalue weighted by Crippen LogP contribution is -2.52. The number of nitrogens with zero attached hydrogens (tertiary/aromatic N) is 2. The Balaban J connectivity index is 0.955. The van der Waals surface area contributed by atoms with Gasteiger partial charge in [0.2, 0.25) is 0 Å². The molecule has 0 N–H and O–H groups in total. The van der Waals surface area contributed by atoms with Crippen LogP contribution in [0, 0.1) is 117 Å². The largest absolute Gasteiger partial charge is 0.496 e. The van der Waals surface area contributed by atoms with Crippen molar-refractivity contribution in [2.45, 2.75) is 56.8 Å². The molecule has 2 aromatic rings. The Morgan fingerprint density at radius 1 is 0.556 bits per heavy atom. The highest BCUT2D eigenvalue weighted by Crippen LogP contribution is 2.85. The lowest BCUT2D eigenvalue weighted by molar-refractivity contribution is -0.0689. The summed E-state index contributed by atoms with van der Waals surface area (Å²) in [6, 6.07) is 13.5. The van der Waals surface area contributed by atoms with Crippen LogP contribution in [0.2, 0.25) is 0 Å². The molecule has 0 unspecified atom stereocenters. The van der Waals surface area contributed by atoms with Gasteiger partial charge in [0.15, 0.2) is 0 Å². The highest BCUT2D eigenvalue weighted by molar-refractivity contribution is 5.97. The molecule has 45 heavy (non-hydrogen) atoms. The van der Waals surface area contributed by atoms with Gasteiger partial charge in [0.25, 0.3) is 0 Å². The van der Waals surface area contributed by atoms with Crippen molar-refractivity contribution in [1.82, 2.24) is 0 Å². The predicted octanol–water partition coefficient (Wildman–Crippen LogP) is 8.09. The summed E-state index contributed by atoms with van der Waals surface area (Å²) in [5.74, 6) is 17.1. The van der Waals surface area contributed by atoms with Crippen LogP contribution in [-0.2, 0) is 0 Å². The molecule has 11 aliphatic rings. The minimum Gasteiger partial charge on any atom is -0.496 e. The molecule has 0 heterocycles. The van der Waals surface area contributed by atoms with Crippen LogP contribution in [0.3, 0.4) is 0 Å². The quantitative estimate of drug-likeness (QED) is 0.260. The van der Waals surface area contributed by atoms with E-state index in [4.69, 9.17) is 9.47 Å². The smallest absolute Gasteiger partial charge is 0.130 e. The Kier molecular flexibility index (Phi) is 4.53.